The molecule has 0 saturated heterocycles. The molecular formula is C18H24N2O. The number of anilines is 1. The van der Waals surface area contributed by atoms with Crippen LogP contribution in [0.1, 0.15) is 44.9 Å². The van der Waals surface area contributed by atoms with Gasteiger partial charge >= 0.3 is 0 Å². The minimum Gasteiger partial charge on any atom is -0.387 e. The van der Waals surface area contributed by atoms with Gasteiger partial charge in [0, 0.05) is 11.6 Å². The van der Waals surface area contributed by atoms with Crippen molar-refractivity contribution in [2.24, 2.45) is 5.92 Å². The Balaban J connectivity index is 1.65. The van der Waals surface area contributed by atoms with Crippen molar-refractivity contribution < 1.29 is 5.11 Å². The van der Waals surface area contributed by atoms with Crippen molar-refractivity contribution in [2.75, 3.05) is 5.32 Å². The highest BCUT2D eigenvalue weighted by Gasteiger charge is 2.47. The zero-order valence-electron chi connectivity index (χ0n) is 12.4. The number of hydrogen-bond acceptors (Lipinski definition) is 2. The second-order valence-electron chi connectivity index (χ2n) is 6.81. The zero-order valence-corrected chi connectivity index (χ0v) is 12.4. The van der Waals surface area contributed by atoms with Crippen molar-refractivity contribution >= 4 is 16.6 Å². The lowest BCUT2D eigenvalue weighted by molar-refractivity contribution is -0.0835. The van der Waals surface area contributed by atoms with Gasteiger partial charge in [0.2, 0.25) is 0 Å². The molecule has 0 bridgehead atoms. The van der Waals surface area contributed by atoms with Gasteiger partial charge in [-0.3, -0.25) is 0 Å². The number of H-pyrrole nitrogens is 1. The molecule has 3 heteroatoms. The van der Waals surface area contributed by atoms with E-state index in [1.807, 2.05) is 6.20 Å². The van der Waals surface area contributed by atoms with Crippen LogP contribution < -0.4 is 5.32 Å². The van der Waals surface area contributed by atoms with Crippen LogP contribution in [0.15, 0.2) is 30.5 Å². The molecule has 0 unspecified atom stereocenters. The smallest absolute Gasteiger partial charge is 0.0875 e. The predicted molar refractivity (Wildman–Crippen MR) is 86.5 cm³/mol. The van der Waals surface area contributed by atoms with E-state index in [1.54, 1.807) is 0 Å². The maximum atomic E-state index is 11.3. The number of aromatic amines is 1. The molecule has 2 aliphatic rings. The van der Waals surface area contributed by atoms with Crippen LogP contribution >= 0.6 is 0 Å². The van der Waals surface area contributed by atoms with E-state index in [9.17, 15) is 5.11 Å². The summed E-state index contributed by atoms with van der Waals surface area (Å²) in [5.74, 6) is 0.486. The number of benzene rings is 1. The SMILES string of the molecule is O[C@]12CCCC[C@@H]1CCC[C@@H]2Nc1cccc2cc[nH]c12. The van der Waals surface area contributed by atoms with Gasteiger partial charge in [-0.05, 0) is 43.7 Å². The Morgan fingerprint density at radius 1 is 1.10 bits per heavy atom. The Morgan fingerprint density at radius 2 is 2.00 bits per heavy atom. The summed E-state index contributed by atoms with van der Waals surface area (Å²) in [6.45, 7) is 0. The molecule has 0 aliphatic heterocycles. The quantitative estimate of drug-likeness (QED) is 0.779. The highest BCUT2D eigenvalue weighted by atomic mass is 16.3. The number of aromatic nitrogens is 1. The van der Waals surface area contributed by atoms with E-state index in [4.69, 9.17) is 0 Å². The van der Waals surface area contributed by atoms with Crippen molar-refractivity contribution in [1.82, 2.24) is 4.98 Å². The molecule has 1 heterocycles. The Morgan fingerprint density at radius 3 is 2.95 bits per heavy atom. The molecule has 2 saturated carbocycles. The average Bonchev–Trinajstić information content (AvgIpc) is 2.97. The van der Waals surface area contributed by atoms with Crippen molar-refractivity contribution in [3.05, 3.63) is 30.5 Å². The summed E-state index contributed by atoms with van der Waals surface area (Å²) in [6.07, 6.45) is 10.1. The molecular weight excluding hydrogens is 260 g/mol. The van der Waals surface area contributed by atoms with Crippen molar-refractivity contribution in [1.29, 1.82) is 0 Å². The van der Waals surface area contributed by atoms with Gasteiger partial charge in [0.15, 0.2) is 0 Å². The largest absolute Gasteiger partial charge is 0.387 e. The number of fused-ring (bicyclic) bond motifs is 2. The van der Waals surface area contributed by atoms with Crippen LogP contribution in [0.3, 0.4) is 0 Å². The molecule has 1 aromatic carbocycles. The summed E-state index contributed by atoms with van der Waals surface area (Å²) >= 11 is 0. The second-order valence-corrected chi connectivity index (χ2v) is 6.81. The molecule has 0 spiro atoms. The first kappa shape index (κ1) is 13.2. The summed E-state index contributed by atoms with van der Waals surface area (Å²) < 4.78 is 0. The van der Waals surface area contributed by atoms with Crippen LogP contribution in [0, 0.1) is 5.92 Å². The summed E-state index contributed by atoms with van der Waals surface area (Å²) in [4.78, 5) is 3.32. The molecule has 3 atom stereocenters. The highest BCUT2D eigenvalue weighted by molar-refractivity contribution is 5.91. The molecule has 2 fully saturated rings. The van der Waals surface area contributed by atoms with Crippen LogP contribution in [0.4, 0.5) is 5.69 Å². The topological polar surface area (TPSA) is 48.0 Å². The van der Waals surface area contributed by atoms with Gasteiger partial charge in [0.05, 0.1) is 22.8 Å². The number of aliphatic hydroxyl groups is 1. The molecule has 2 aromatic rings. The minimum atomic E-state index is -0.509. The Bertz CT molecular complexity index is 633. The zero-order chi connectivity index (χ0) is 14.3. The van der Waals surface area contributed by atoms with Crippen LogP contribution in [0.2, 0.25) is 0 Å². The Kier molecular flexibility index (Phi) is 3.18. The highest BCUT2D eigenvalue weighted by Crippen LogP contribution is 2.45. The van der Waals surface area contributed by atoms with Gasteiger partial charge in [0.1, 0.15) is 0 Å². The van der Waals surface area contributed by atoms with E-state index in [2.05, 4.69) is 34.6 Å². The summed E-state index contributed by atoms with van der Waals surface area (Å²) in [5, 5.41) is 16.2. The van der Waals surface area contributed by atoms with Crippen molar-refractivity contribution in [3.63, 3.8) is 0 Å². The summed E-state index contributed by atoms with van der Waals surface area (Å²) in [6, 6.07) is 8.61. The first-order chi connectivity index (χ1) is 10.3. The number of para-hydroxylation sites is 1. The van der Waals surface area contributed by atoms with Gasteiger partial charge in [-0.25, -0.2) is 0 Å². The normalized spacial score (nSPS) is 32.8. The molecule has 3 N–H and O–H groups in total. The first-order valence-electron chi connectivity index (χ1n) is 8.32. The summed E-state index contributed by atoms with van der Waals surface area (Å²) in [5.41, 5.74) is 1.77. The lowest BCUT2D eigenvalue weighted by atomic mass is 9.65. The molecule has 0 radical (unpaired) electrons. The van der Waals surface area contributed by atoms with E-state index < -0.39 is 5.60 Å². The number of rotatable bonds is 2. The van der Waals surface area contributed by atoms with E-state index in [0.717, 1.165) is 30.5 Å². The fraction of sp³-hybridized carbons (Fsp3) is 0.556. The Labute approximate surface area is 125 Å². The van der Waals surface area contributed by atoms with Gasteiger partial charge in [0.25, 0.3) is 0 Å². The molecule has 0 amide bonds. The standard InChI is InChI=1S/C18H24N2O/c21-18-11-2-1-6-14(18)7-4-9-16(18)20-15-8-3-5-13-10-12-19-17(13)15/h3,5,8,10,12,14,16,19-21H,1-2,4,6-7,9,11H2/t14-,16+,18-/m1/s1. The third kappa shape index (κ3) is 2.15. The maximum Gasteiger partial charge on any atom is 0.0875 e. The number of nitrogens with one attached hydrogen (secondary N) is 2. The van der Waals surface area contributed by atoms with Gasteiger partial charge in [-0.1, -0.05) is 31.4 Å². The molecule has 21 heavy (non-hydrogen) atoms. The van der Waals surface area contributed by atoms with E-state index in [-0.39, 0.29) is 6.04 Å². The van der Waals surface area contributed by atoms with Crippen LogP contribution in [0.5, 0.6) is 0 Å². The number of hydrogen-bond donors (Lipinski definition) is 3. The van der Waals surface area contributed by atoms with E-state index >= 15 is 0 Å². The minimum absolute atomic E-state index is 0.186. The van der Waals surface area contributed by atoms with Crippen molar-refractivity contribution in [2.45, 2.75) is 56.6 Å². The van der Waals surface area contributed by atoms with Crippen LogP contribution in [0.25, 0.3) is 10.9 Å². The monoisotopic (exact) mass is 284 g/mol. The van der Waals surface area contributed by atoms with Gasteiger partial charge in [-0.2, -0.15) is 0 Å². The van der Waals surface area contributed by atoms with E-state index in [1.165, 1.54) is 31.1 Å². The van der Waals surface area contributed by atoms with Gasteiger partial charge in [-0.15, -0.1) is 0 Å². The average molecular weight is 284 g/mol. The summed E-state index contributed by atoms with van der Waals surface area (Å²) in [7, 11) is 0. The molecule has 1 aromatic heterocycles. The van der Waals surface area contributed by atoms with E-state index in [0.29, 0.717) is 5.92 Å². The Hall–Kier alpha value is -1.48. The molecule has 4 rings (SSSR count). The lowest BCUT2D eigenvalue weighted by Crippen LogP contribution is -2.56. The maximum absolute atomic E-state index is 11.3. The second kappa shape index (κ2) is 5.06. The molecule has 3 nitrogen and oxygen atoms in total. The van der Waals surface area contributed by atoms with Gasteiger partial charge < -0.3 is 15.4 Å². The third-order valence-corrected chi connectivity index (χ3v) is 5.65. The first-order valence-corrected chi connectivity index (χ1v) is 8.32. The van der Waals surface area contributed by atoms with Crippen LogP contribution in [-0.4, -0.2) is 21.7 Å². The fourth-order valence-electron chi connectivity index (χ4n) is 4.51. The fourth-order valence-corrected chi connectivity index (χ4v) is 4.51. The van der Waals surface area contributed by atoms with Crippen LogP contribution in [-0.2, 0) is 0 Å². The molecule has 2 aliphatic carbocycles. The molecule has 112 valence electrons. The van der Waals surface area contributed by atoms with Crippen molar-refractivity contribution in [3.8, 4) is 0 Å². The predicted octanol–water partition coefficient (Wildman–Crippen LogP) is 4.05. The lowest BCUT2D eigenvalue weighted by Gasteiger charge is -2.49. The third-order valence-electron chi connectivity index (χ3n) is 5.65.